The van der Waals surface area contributed by atoms with Gasteiger partial charge in [-0.05, 0) is 31.6 Å². The molecule has 0 saturated carbocycles. The van der Waals surface area contributed by atoms with Gasteiger partial charge in [-0.1, -0.05) is 0 Å². The van der Waals surface area contributed by atoms with Gasteiger partial charge in [0.25, 0.3) is 5.88 Å². The monoisotopic (exact) mass is 348 g/mol. The number of methoxy groups -OCH3 is 1. The van der Waals surface area contributed by atoms with Crippen LogP contribution in [0.3, 0.4) is 0 Å². The Morgan fingerprint density at radius 3 is 2.60 bits per heavy atom. The van der Waals surface area contributed by atoms with Crippen LogP contribution in [0.1, 0.15) is 32.6 Å². The highest BCUT2D eigenvalue weighted by atomic mass is 16.5. The lowest BCUT2D eigenvalue weighted by Crippen LogP contribution is -2.55. The summed E-state index contributed by atoms with van der Waals surface area (Å²) in [6.07, 6.45) is 6.28. The lowest BCUT2D eigenvalue weighted by molar-refractivity contribution is -0.154. The molecule has 25 heavy (non-hydrogen) atoms. The molecular formula is C17H24N4O4. The highest BCUT2D eigenvalue weighted by Gasteiger charge is 2.43. The molecule has 8 heteroatoms. The number of aliphatic carboxylic acids is 1. The Labute approximate surface area is 146 Å². The summed E-state index contributed by atoms with van der Waals surface area (Å²) in [6.45, 7) is 3.68. The maximum Gasteiger partial charge on any atom is 0.326 e. The average molecular weight is 348 g/mol. The highest BCUT2D eigenvalue weighted by Crippen LogP contribution is 2.42. The number of hydrogen-bond donors (Lipinski definition) is 1. The lowest BCUT2D eigenvalue weighted by Gasteiger charge is -2.48. The van der Waals surface area contributed by atoms with Gasteiger partial charge in [0.15, 0.2) is 5.82 Å². The van der Waals surface area contributed by atoms with E-state index in [1.54, 1.807) is 26.4 Å². The Balaban J connectivity index is 1.70. The molecule has 2 fully saturated rings. The van der Waals surface area contributed by atoms with Gasteiger partial charge in [-0.3, -0.25) is 4.79 Å². The topological polar surface area (TPSA) is 95.9 Å². The number of nitrogens with zero attached hydrogens (tertiary/aromatic N) is 4. The minimum atomic E-state index is -0.952. The summed E-state index contributed by atoms with van der Waals surface area (Å²) < 4.78 is 5.29. The van der Waals surface area contributed by atoms with Crippen molar-refractivity contribution < 1.29 is 19.4 Å². The van der Waals surface area contributed by atoms with Crippen LogP contribution in [0.15, 0.2) is 12.4 Å². The van der Waals surface area contributed by atoms with E-state index in [4.69, 9.17) is 4.74 Å². The second-order valence-corrected chi connectivity index (χ2v) is 6.91. The molecule has 2 aliphatic rings. The first-order chi connectivity index (χ1) is 12.0. The number of aromatic nitrogens is 2. The van der Waals surface area contributed by atoms with Crippen molar-refractivity contribution in [1.29, 1.82) is 0 Å². The van der Waals surface area contributed by atoms with Crippen LogP contribution in [-0.2, 0) is 9.59 Å². The van der Waals surface area contributed by atoms with Crippen LogP contribution >= 0.6 is 0 Å². The first-order valence-electron chi connectivity index (χ1n) is 8.58. The maximum absolute atomic E-state index is 12.2. The molecular weight excluding hydrogens is 324 g/mol. The van der Waals surface area contributed by atoms with Gasteiger partial charge in [0.1, 0.15) is 6.04 Å². The zero-order valence-electron chi connectivity index (χ0n) is 14.6. The minimum Gasteiger partial charge on any atom is -0.480 e. The highest BCUT2D eigenvalue weighted by molar-refractivity contribution is 5.84. The molecule has 1 aromatic rings. The van der Waals surface area contributed by atoms with E-state index in [-0.39, 0.29) is 11.3 Å². The van der Waals surface area contributed by atoms with Gasteiger partial charge in [-0.25, -0.2) is 14.8 Å². The number of likely N-dealkylation sites (tertiary alicyclic amines) is 1. The minimum absolute atomic E-state index is 0.0104. The Hall–Kier alpha value is -2.38. The van der Waals surface area contributed by atoms with Gasteiger partial charge in [-0.15, -0.1) is 0 Å². The van der Waals surface area contributed by atoms with E-state index in [2.05, 4.69) is 14.9 Å². The molecule has 2 saturated heterocycles. The first-order valence-corrected chi connectivity index (χ1v) is 8.58. The van der Waals surface area contributed by atoms with Crippen LogP contribution in [0, 0.1) is 5.41 Å². The Morgan fingerprint density at radius 2 is 1.96 bits per heavy atom. The molecule has 0 radical (unpaired) electrons. The van der Waals surface area contributed by atoms with E-state index < -0.39 is 12.0 Å². The van der Waals surface area contributed by atoms with E-state index in [0.29, 0.717) is 18.8 Å². The second-order valence-electron chi connectivity index (χ2n) is 6.91. The van der Waals surface area contributed by atoms with Crippen LogP contribution in [-0.4, -0.2) is 64.6 Å². The number of piperidine rings is 2. The number of carboxylic acid groups (broad SMARTS) is 1. The van der Waals surface area contributed by atoms with E-state index in [9.17, 15) is 14.7 Å². The predicted octanol–water partition coefficient (Wildman–Crippen LogP) is 1.17. The van der Waals surface area contributed by atoms with Gasteiger partial charge < -0.3 is 19.6 Å². The molecule has 0 unspecified atom stereocenters. The third-order valence-electron chi connectivity index (χ3n) is 5.48. The van der Waals surface area contributed by atoms with Crippen molar-refractivity contribution in [2.75, 3.05) is 31.6 Å². The van der Waals surface area contributed by atoms with E-state index in [1.165, 1.54) is 4.90 Å². The fourth-order valence-electron chi connectivity index (χ4n) is 3.81. The number of carboxylic acids is 1. The Kier molecular flexibility index (Phi) is 4.78. The number of hydrogen-bond acceptors (Lipinski definition) is 6. The van der Waals surface area contributed by atoms with Crippen LogP contribution in [0.4, 0.5) is 5.82 Å². The molecule has 2 aliphatic heterocycles. The van der Waals surface area contributed by atoms with Crippen LogP contribution in [0.2, 0.25) is 0 Å². The van der Waals surface area contributed by atoms with Gasteiger partial charge in [0.05, 0.1) is 7.11 Å². The first kappa shape index (κ1) is 17.4. The van der Waals surface area contributed by atoms with Crippen molar-refractivity contribution >= 4 is 17.7 Å². The molecule has 1 amide bonds. The van der Waals surface area contributed by atoms with Crippen molar-refractivity contribution in [2.45, 2.75) is 38.6 Å². The van der Waals surface area contributed by atoms with Gasteiger partial charge in [0, 0.05) is 38.4 Å². The van der Waals surface area contributed by atoms with E-state index >= 15 is 0 Å². The zero-order chi connectivity index (χ0) is 18.0. The Morgan fingerprint density at radius 1 is 1.28 bits per heavy atom. The molecule has 1 N–H and O–H groups in total. The molecule has 0 bridgehead atoms. The van der Waals surface area contributed by atoms with Crippen molar-refractivity contribution in [3.63, 3.8) is 0 Å². The smallest absolute Gasteiger partial charge is 0.326 e. The fraction of sp³-hybridized carbons (Fsp3) is 0.647. The summed E-state index contributed by atoms with van der Waals surface area (Å²) in [4.78, 5) is 35.7. The second kappa shape index (κ2) is 6.85. The van der Waals surface area contributed by atoms with Crippen LogP contribution in [0.25, 0.3) is 0 Å². The number of ether oxygens (including phenoxy) is 1. The number of amides is 1. The Bertz CT molecular complexity index is 658. The third-order valence-corrected chi connectivity index (χ3v) is 5.48. The number of carbonyl (C=O) groups is 2. The molecule has 0 aromatic carbocycles. The summed E-state index contributed by atoms with van der Waals surface area (Å²) in [5, 5.41) is 9.26. The molecule has 1 spiro atoms. The quantitative estimate of drug-likeness (QED) is 0.872. The van der Waals surface area contributed by atoms with Crippen LogP contribution in [0.5, 0.6) is 5.88 Å². The summed E-state index contributed by atoms with van der Waals surface area (Å²) >= 11 is 0. The van der Waals surface area contributed by atoms with E-state index in [0.717, 1.165) is 38.2 Å². The number of rotatable bonds is 4. The molecule has 3 heterocycles. The molecule has 1 atom stereocenters. The van der Waals surface area contributed by atoms with Crippen molar-refractivity contribution in [1.82, 2.24) is 14.9 Å². The van der Waals surface area contributed by atoms with Crippen molar-refractivity contribution in [3.8, 4) is 5.88 Å². The van der Waals surface area contributed by atoms with Crippen molar-refractivity contribution in [2.24, 2.45) is 5.41 Å². The molecule has 0 aliphatic carbocycles. The maximum atomic E-state index is 12.2. The van der Waals surface area contributed by atoms with Gasteiger partial charge in [0.2, 0.25) is 5.91 Å². The number of carbonyl (C=O) groups excluding carboxylic acids is 1. The molecule has 8 nitrogen and oxygen atoms in total. The third kappa shape index (κ3) is 3.38. The summed E-state index contributed by atoms with van der Waals surface area (Å²) in [6, 6.07) is -0.775. The lowest BCUT2D eigenvalue weighted by atomic mass is 9.72. The van der Waals surface area contributed by atoms with Crippen LogP contribution < -0.4 is 9.64 Å². The normalized spacial score (nSPS) is 21.3. The SMILES string of the molecule is COc1nccnc1N1CCC2(CCC(=O)N([C@@H](C)C(=O)O)C2)CC1. The summed E-state index contributed by atoms with van der Waals surface area (Å²) in [5.41, 5.74) is -0.0104. The largest absolute Gasteiger partial charge is 0.480 e. The number of anilines is 1. The van der Waals surface area contributed by atoms with Crippen molar-refractivity contribution in [3.05, 3.63) is 12.4 Å². The summed E-state index contributed by atoms with van der Waals surface area (Å²) in [7, 11) is 1.58. The molecule has 136 valence electrons. The fourth-order valence-corrected chi connectivity index (χ4v) is 3.81. The van der Waals surface area contributed by atoms with Gasteiger partial charge in [-0.2, -0.15) is 0 Å². The van der Waals surface area contributed by atoms with E-state index in [1.807, 2.05) is 0 Å². The molecule has 3 rings (SSSR count). The van der Waals surface area contributed by atoms with Gasteiger partial charge >= 0.3 is 5.97 Å². The average Bonchev–Trinajstić information content (AvgIpc) is 2.64. The predicted molar refractivity (Wildman–Crippen MR) is 90.5 cm³/mol. The standard InChI is InChI=1S/C17H24N4O4/c1-12(16(23)24)21-11-17(4-3-13(21)22)5-9-20(10-6-17)14-15(25-2)19-8-7-18-14/h7-8,12H,3-6,9-11H2,1-2H3,(H,23,24)/t12-/m0/s1. The zero-order valence-corrected chi connectivity index (χ0v) is 14.6. The summed E-state index contributed by atoms with van der Waals surface area (Å²) in [5.74, 6) is 0.242. The molecule has 1 aromatic heterocycles.